The highest BCUT2D eigenvalue weighted by Gasteiger charge is 2.21. The van der Waals surface area contributed by atoms with Gasteiger partial charge in [0.1, 0.15) is 10.8 Å². The molecule has 0 fully saturated rings. The molecule has 0 radical (unpaired) electrons. The van der Waals surface area contributed by atoms with Gasteiger partial charge in [-0.15, -0.1) is 22.9 Å². The predicted molar refractivity (Wildman–Crippen MR) is 89.4 cm³/mol. The van der Waals surface area contributed by atoms with Crippen molar-refractivity contribution in [2.45, 2.75) is 32.7 Å². The van der Waals surface area contributed by atoms with Gasteiger partial charge in [-0.25, -0.2) is 9.97 Å². The van der Waals surface area contributed by atoms with Crippen molar-refractivity contribution < 1.29 is 0 Å². The van der Waals surface area contributed by atoms with Crippen molar-refractivity contribution in [3.8, 4) is 0 Å². The quantitative estimate of drug-likeness (QED) is 0.644. The van der Waals surface area contributed by atoms with Gasteiger partial charge < -0.3 is 4.57 Å². The number of aryl methyl sites for hydroxylation is 2. The Bertz CT molecular complexity index is 733. The number of halogens is 1. The second-order valence-electron chi connectivity index (χ2n) is 5.07. The van der Waals surface area contributed by atoms with Crippen molar-refractivity contribution in [2.24, 2.45) is 0 Å². The normalized spacial score (nSPS) is 12.9. The van der Waals surface area contributed by atoms with Gasteiger partial charge in [0.2, 0.25) is 0 Å². The van der Waals surface area contributed by atoms with Crippen LogP contribution in [0.15, 0.2) is 29.8 Å². The van der Waals surface area contributed by atoms with Crippen LogP contribution < -0.4 is 0 Å². The van der Waals surface area contributed by atoms with Crippen molar-refractivity contribution >= 4 is 34.0 Å². The Morgan fingerprint density at radius 1 is 1.38 bits per heavy atom. The molecular formula is C16H18ClN3S. The van der Waals surface area contributed by atoms with E-state index in [1.54, 1.807) is 11.3 Å². The fourth-order valence-corrected chi connectivity index (χ4v) is 3.76. The molecule has 2 aromatic heterocycles. The third-order valence-corrected chi connectivity index (χ3v) is 4.81. The number of benzene rings is 1. The van der Waals surface area contributed by atoms with Gasteiger partial charge >= 0.3 is 0 Å². The SMILES string of the molecule is CCC(c1nccs1)n1c(CCCl)nc2c(C)cccc21. The van der Waals surface area contributed by atoms with Crippen molar-refractivity contribution in [2.75, 3.05) is 5.88 Å². The molecule has 3 aromatic rings. The zero-order chi connectivity index (χ0) is 14.8. The second-order valence-corrected chi connectivity index (χ2v) is 6.38. The van der Waals surface area contributed by atoms with Crippen LogP contribution in [0.5, 0.6) is 0 Å². The van der Waals surface area contributed by atoms with E-state index in [1.807, 2.05) is 11.6 Å². The summed E-state index contributed by atoms with van der Waals surface area (Å²) in [5, 5.41) is 3.16. The van der Waals surface area contributed by atoms with E-state index in [-0.39, 0.29) is 6.04 Å². The predicted octanol–water partition coefficient (Wildman–Crippen LogP) is 4.58. The molecule has 0 N–H and O–H groups in total. The van der Waals surface area contributed by atoms with E-state index in [0.717, 1.165) is 29.2 Å². The molecule has 3 rings (SSSR count). The van der Waals surface area contributed by atoms with Crippen LogP contribution in [0, 0.1) is 6.92 Å². The van der Waals surface area contributed by atoms with Crippen LogP contribution in [-0.4, -0.2) is 20.4 Å². The monoisotopic (exact) mass is 319 g/mol. The summed E-state index contributed by atoms with van der Waals surface area (Å²) in [5.41, 5.74) is 3.46. The number of hydrogen-bond acceptors (Lipinski definition) is 3. The number of hydrogen-bond donors (Lipinski definition) is 0. The van der Waals surface area contributed by atoms with Gasteiger partial charge in [0.25, 0.3) is 0 Å². The summed E-state index contributed by atoms with van der Waals surface area (Å²) in [5.74, 6) is 1.63. The molecule has 1 aromatic carbocycles. The van der Waals surface area contributed by atoms with Gasteiger partial charge in [0.15, 0.2) is 0 Å². The van der Waals surface area contributed by atoms with E-state index < -0.39 is 0 Å². The van der Waals surface area contributed by atoms with Gasteiger partial charge in [-0.3, -0.25) is 0 Å². The van der Waals surface area contributed by atoms with Gasteiger partial charge in [-0.1, -0.05) is 19.1 Å². The van der Waals surface area contributed by atoms with Gasteiger partial charge in [-0.05, 0) is 25.0 Å². The van der Waals surface area contributed by atoms with Crippen molar-refractivity contribution in [1.29, 1.82) is 0 Å². The Morgan fingerprint density at radius 3 is 2.90 bits per heavy atom. The number of nitrogens with zero attached hydrogens (tertiary/aromatic N) is 3. The van der Waals surface area contributed by atoms with E-state index in [1.165, 1.54) is 11.1 Å². The number of imidazole rings is 1. The molecule has 21 heavy (non-hydrogen) atoms. The van der Waals surface area contributed by atoms with Crippen molar-refractivity contribution in [3.05, 3.63) is 46.2 Å². The Hall–Kier alpha value is -1.39. The molecule has 0 saturated heterocycles. The first kappa shape index (κ1) is 14.5. The lowest BCUT2D eigenvalue weighted by atomic mass is 10.2. The highest BCUT2D eigenvalue weighted by molar-refractivity contribution is 7.09. The minimum absolute atomic E-state index is 0.231. The summed E-state index contributed by atoms with van der Waals surface area (Å²) in [6, 6.07) is 6.57. The topological polar surface area (TPSA) is 30.7 Å². The summed E-state index contributed by atoms with van der Waals surface area (Å²) in [6.07, 6.45) is 3.63. The minimum Gasteiger partial charge on any atom is -0.318 e. The minimum atomic E-state index is 0.231. The Kier molecular flexibility index (Phi) is 4.27. The fourth-order valence-electron chi connectivity index (χ4n) is 2.78. The molecule has 0 saturated carbocycles. The third-order valence-electron chi connectivity index (χ3n) is 3.75. The standard InChI is InChI=1S/C16H18ClN3S/c1-3-12(16-18-9-10-21-16)20-13-6-4-5-11(2)15(13)19-14(20)7-8-17/h4-6,9-10,12H,3,7-8H2,1-2H3. The highest BCUT2D eigenvalue weighted by Crippen LogP contribution is 2.31. The average Bonchev–Trinajstić information content (AvgIpc) is 3.11. The largest absolute Gasteiger partial charge is 0.318 e. The van der Waals surface area contributed by atoms with Crippen LogP contribution in [0.2, 0.25) is 0 Å². The van der Waals surface area contributed by atoms with E-state index >= 15 is 0 Å². The van der Waals surface area contributed by atoms with Gasteiger partial charge in [-0.2, -0.15) is 0 Å². The van der Waals surface area contributed by atoms with Crippen LogP contribution in [0.25, 0.3) is 11.0 Å². The molecule has 1 atom stereocenters. The molecule has 0 spiro atoms. The molecule has 110 valence electrons. The lowest BCUT2D eigenvalue weighted by Gasteiger charge is -2.18. The number of thiazole rings is 1. The maximum atomic E-state index is 5.98. The molecule has 2 heterocycles. The maximum absolute atomic E-state index is 5.98. The molecular weight excluding hydrogens is 302 g/mol. The second kappa shape index (κ2) is 6.16. The summed E-state index contributed by atoms with van der Waals surface area (Å²) >= 11 is 7.68. The van der Waals surface area contributed by atoms with Crippen LogP contribution in [-0.2, 0) is 6.42 Å². The maximum Gasteiger partial charge on any atom is 0.115 e. The number of aromatic nitrogens is 3. The molecule has 5 heteroatoms. The van der Waals surface area contributed by atoms with Crippen molar-refractivity contribution in [1.82, 2.24) is 14.5 Å². The van der Waals surface area contributed by atoms with E-state index in [0.29, 0.717) is 5.88 Å². The summed E-state index contributed by atoms with van der Waals surface area (Å²) in [4.78, 5) is 9.35. The molecule has 0 bridgehead atoms. The molecule has 3 nitrogen and oxygen atoms in total. The number of fused-ring (bicyclic) bond motifs is 1. The zero-order valence-electron chi connectivity index (χ0n) is 12.2. The van der Waals surface area contributed by atoms with Crippen LogP contribution in [0.3, 0.4) is 0 Å². The molecule has 0 aliphatic rings. The summed E-state index contributed by atoms with van der Waals surface area (Å²) in [7, 11) is 0. The Morgan fingerprint density at radius 2 is 2.24 bits per heavy atom. The van der Waals surface area contributed by atoms with Gasteiger partial charge in [0.05, 0.1) is 17.1 Å². The van der Waals surface area contributed by atoms with Crippen LogP contribution in [0.1, 0.15) is 35.8 Å². The average molecular weight is 320 g/mol. The van der Waals surface area contributed by atoms with Crippen LogP contribution in [0.4, 0.5) is 0 Å². The third kappa shape index (κ3) is 2.58. The highest BCUT2D eigenvalue weighted by atomic mass is 35.5. The first-order valence-corrected chi connectivity index (χ1v) is 8.59. The lowest BCUT2D eigenvalue weighted by Crippen LogP contribution is -2.13. The fraction of sp³-hybridized carbons (Fsp3) is 0.375. The molecule has 0 amide bonds. The first-order chi connectivity index (χ1) is 10.3. The summed E-state index contributed by atoms with van der Waals surface area (Å²) in [6.45, 7) is 4.30. The van der Waals surface area contributed by atoms with E-state index in [2.05, 4.69) is 41.6 Å². The summed E-state index contributed by atoms with van der Waals surface area (Å²) < 4.78 is 2.32. The first-order valence-electron chi connectivity index (χ1n) is 7.18. The molecule has 0 aliphatic heterocycles. The molecule has 1 unspecified atom stereocenters. The Labute approximate surface area is 133 Å². The Balaban J connectivity index is 2.23. The number of rotatable bonds is 5. The number of para-hydroxylation sites is 1. The number of alkyl halides is 1. The van der Waals surface area contributed by atoms with E-state index in [4.69, 9.17) is 16.6 Å². The van der Waals surface area contributed by atoms with Gasteiger partial charge in [0, 0.05) is 23.9 Å². The smallest absolute Gasteiger partial charge is 0.115 e. The van der Waals surface area contributed by atoms with E-state index in [9.17, 15) is 0 Å². The molecule has 0 aliphatic carbocycles. The van der Waals surface area contributed by atoms with Crippen molar-refractivity contribution in [3.63, 3.8) is 0 Å². The lowest BCUT2D eigenvalue weighted by molar-refractivity contribution is 0.555. The zero-order valence-corrected chi connectivity index (χ0v) is 13.8. The van der Waals surface area contributed by atoms with Crippen LogP contribution >= 0.6 is 22.9 Å².